The number of hydrogen-bond acceptors (Lipinski definition) is 3. The van der Waals surface area contributed by atoms with Gasteiger partial charge in [-0.3, -0.25) is 9.48 Å². The third kappa shape index (κ3) is 3.84. The normalized spacial score (nSPS) is 17.4. The van der Waals surface area contributed by atoms with Gasteiger partial charge in [-0.15, -0.1) is 0 Å². The molecule has 118 valence electrons. The summed E-state index contributed by atoms with van der Waals surface area (Å²) in [5.74, 6) is 0.495. The number of aromatic nitrogens is 2. The van der Waals surface area contributed by atoms with Gasteiger partial charge in [0.1, 0.15) is 5.69 Å². The van der Waals surface area contributed by atoms with Gasteiger partial charge in [0.2, 0.25) is 0 Å². The third-order valence-corrected chi connectivity index (χ3v) is 4.34. The molecule has 1 unspecified atom stereocenters. The number of carbonyl (C=O) groups is 1. The number of rotatable bonds is 6. The van der Waals surface area contributed by atoms with Gasteiger partial charge in [-0.2, -0.15) is 5.10 Å². The Morgan fingerprint density at radius 2 is 2.14 bits per heavy atom. The molecule has 1 amide bonds. The van der Waals surface area contributed by atoms with Crippen LogP contribution in [0.4, 0.5) is 0 Å². The number of hydrogen-bond donors (Lipinski definition) is 2. The van der Waals surface area contributed by atoms with Crippen LogP contribution in [0.1, 0.15) is 68.6 Å². The van der Waals surface area contributed by atoms with Crippen LogP contribution in [0.25, 0.3) is 0 Å². The van der Waals surface area contributed by atoms with Crippen molar-refractivity contribution in [2.75, 3.05) is 6.54 Å². The molecule has 5 nitrogen and oxygen atoms in total. The summed E-state index contributed by atoms with van der Waals surface area (Å²) in [6.07, 6.45) is 4.09. The third-order valence-electron chi connectivity index (χ3n) is 4.34. The zero-order chi connectivity index (χ0) is 15.4. The van der Waals surface area contributed by atoms with Crippen LogP contribution < -0.4 is 5.32 Å². The second-order valence-corrected chi connectivity index (χ2v) is 6.25. The van der Waals surface area contributed by atoms with E-state index >= 15 is 0 Å². The van der Waals surface area contributed by atoms with Crippen LogP contribution in [0.2, 0.25) is 0 Å². The standard InChI is InChI=1S/C16H27N3O2/c1-4-19-14(9-13(18-19)11(2)3)16(21)17-10-15(20)12-7-5-6-8-12/h9,11-12,15,20H,4-8,10H2,1-3H3,(H,17,21). The molecule has 1 aliphatic carbocycles. The van der Waals surface area contributed by atoms with Crippen LogP contribution in [0.15, 0.2) is 6.07 Å². The molecule has 0 saturated heterocycles. The maximum Gasteiger partial charge on any atom is 0.269 e. The summed E-state index contributed by atoms with van der Waals surface area (Å²) < 4.78 is 1.73. The van der Waals surface area contributed by atoms with Crippen LogP contribution >= 0.6 is 0 Å². The highest BCUT2D eigenvalue weighted by atomic mass is 16.3. The van der Waals surface area contributed by atoms with Crippen LogP contribution in [0, 0.1) is 5.92 Å². The second-order valence-electron chi connectivity index (χ2n) is 6.25. The van der Waals surface area contributed by atoms with E-state index in [1.807, 2.05) is 13.0 Å². The van der Waals surface area contributed by atoms with Crippen molar-refractivity contribution in [2.45, 2.75) is 65.0 Å². The Morgan fingerprint density at radius 3 is 2.71 bits per heavy atom. The van der Waals surface area contributed by atoms with E-state index in [1.165, 1.54) is 12.8 Å². The number of nitrogens with one attached hydrogen (secondary N) is 1. The van der Waals surface area contributed by atoms with Crippen LogP contribution in [0.3, 0.4) is 0 Å². The molecule has 2 rings (SSSR count). The number of amides is 1. The molecule has 1 aliphatic rings. The number of nitrogens with zero attached hydrogens (tertiary/aromatic N) is 2. The lowest BCUT2D eigenvalue weighted by Crippen LogP contribution is -2.36. The van der Waals surface area contributed by atoms with Gasteiger partial charge in [0.05, 0.1) is 11.8 Å². The smallest absolute Gasteiger partial charge is 0.269 e. The maximum absolute atomic E-state index is 12.3. The molecule has 21 heavy (non-hydrogen) atoms. The van der Waals surface area contributed by atoms with Crippen molar-refractivity contribution in [2.24, 2.45) is 5.92 Å². The van der Waals surface area contributed by atoms with Crippen molar-refractivity contribution >= 4 is 5.91 Å². The lowest BCUT2D eigenvalue weighted by atomic mass is 10.0. The lowest BCUT2D eigenvalue weighted by molar-refractivity contribution is 0.0832. The van der Waals surface area contributed by atoms with Gasteiger partial charge in [0.15, 0.2) is 0 Å². The van der Waals surface area contributed by atoms with Crippen molar-refractivity contribution < 1.29 is 9.90 Å². The Labute approximate surface area is 126 Å². The molecular weight excluding hydrogens is 266 g/mol. The minimum Gasteiger partial charge on any atom is -0.391 e. The van der Waals surface area contributed by atoms with Crippen LogP contribution in [-0.2, 0) is 6.54 Å². The van der Waals surface area contributed by atoms with Gasteiger partial charge in [-0.25, -0.2) is 0 Å². The van der Waals surface area contributed by atoms with Gasteiger partial charge in [0, 0.05) is 13.1 Å². The molecule has 1 atom stereocenters. The van der Waals surface area contributed by atoms with Crippen LogP contribution in [0.5, 0.6) is 0 Å². The Bertz CT molecular complexity index is 476. The van der Waals surface area contributed by atoms with Crippen molar-refractivity contribution in [3.8, 4) is 0 Å². The van der Waals surface area contributed by atoms with Gasteiger partial charge >= 0.3 is 0 Å². The minimum atomic E-state index is -0.431. The summed E-state index contributed by atoms with van der Waals surface area (Å²) in [6, 6.07) is 1.85. The van der Waals surface area contributed by atoms with Crippen LogP contribution in [-0.4, -0.2) is 33.4 Å². The zero-order valence-corrected chi connectivity index (χ0v) is 13.3. The van der Waals surface area contributed by atoms with E-state index in [9.17, 15) is 9.90 Å². The van der Waals surface area contributed by atoms with Gasteiger partial charge in [-0.1, -0.05) is 26.7 Å². The predicted octanol–water partition coefficient (Wildman–Crippen LogP) is 2.31. The molecule has 0 spiro atoms. The highest BCUT2D eigenvalue weighted by Gasteiger charge is 2.24. The predicted molar refractivity (Wildman–Crippen MR) is 82.3 cm³/mol. The summed E-state index contributed by atoms with van der Waals surface area (Å²) in [6.45, 7) is 7.10. The molecule has 0 aromatic carbocycles. The number of carbonyl (C=O) groups excluding carboxylic acids is 1. The van der Waals surface area contributed by atoms with E-state index < -0.39 is 6.10 Å². The highest BCUT2D eigenvalue weighted by Crippen LogP contribution is 2.27. The average molecular weight is 293 g/mol. The van der Waals surface area contributed by atoms with Crippen molar-refractivity contribution in [1.29, 1.82) is 0 Å². The van der Waals surface area contributed by atoms with Crippen molar-refractivity contribution in [1.82, 2.24) is 15.1 Å². The second kappa shape index (κ2) is 7.07. The summed E-state index contributed by atoms with van der Waals surface area (Å²) in [5, 5.41) is 17.4. The first-order valence-corrected chi connectivity index (χ1v) is 8.07. The van der Waals surface area contributed by atoms with E-state index in [0.29, 0.717) is 30.6 Å². The molecule has 5 heteroatoms. The Kier molecular flexibility index (Phi) is 5.39. The number of aliphatic hydroxyl groups excluding tert-OH is 1. The fraction of sp³-hybridized carbons (Fsp3) is 0.750. The summed E-state index contributed by atoms with van der Waals surface area (Å²) >= 11 is 0. The molecule has 1 saturated carbocycles. The quantitative estimate of drug-likeness (QED) is 0.845. The molecule has 0 bridgehead atoms. The van der Waals surface area contributed by atoms with E-state index in [1.54, 1.807) is 4.68 Å². The first-order chi connectivity index (χ1) is 10.0. The SMILES string of the molecule is CCn1nc(C(C)C)cc1C(=O)NCC(O)C1CCCC1. The summed E-state index contributed by atoms with van der Waals surface area (Å²) in [4.78, 5) is 12.3. The molecule has 1 aromatic heterocycles. The zero-order valence-electron chi connectivity index (χ0n) is 13.3. The molecule has 0 aliphatic heterocycles. The van der Waals surface area contributed by atoms with E-state index in [4.69, 9.17) is 0 Å². The van der Waals surface area contributed by atoms with Gasteiger partial charge in [0.25, 0.3) is 5.91 Å². The van der Waals surface area contributed by atoms with Gasteiger partial charge in [-0.05, 0) is 37.7 Å². The van der Waals surface area contributed by atoms with Gasteiger partial charge < -0.3 is 10.4 Å². The number of aryl methyl sites for hydroxylation is 1. The molecular formula is C16H27N3O2. The first-order valence-electron chi connectivity index (χ1n) is 8.07. The Hall–Kier alpha value is -1.36. The average Bonchev–Trinajstić information content (AvgIpc) is 3.12. The van der Waals surface area contributed by atoms with Crippen molar-refractivity contribution in [3.05, 3.63) is 17.5 Å². The van der Waals surface area contributed by atoms with E-state index in [0.717, 1.165) is 18.5 Å². The monoisotopic (exact) mass is 293 g/mol. The summed E-state index contributed by atoms with van der Waals surface area (Å²) in [7, 11) is 0. The highest BCUT2D eigenvalue weighted by molar-refractivity contribution is 5.92. The van der Waals surface area contributed by atoms with E-state index in [2.05, 4.69) is 24.3 Å². The molecule has 0 radical (unpaired) electrons. The molecule has 1 heterocycles. The summed E-state index contributed by atoms with van der Waals surface area (Å²) in [5.41, 5.74) is 1.51. The molecule has 1 fully saturated rings. The Morgan fingerprint density at radius 1 is 1.48 bits per heavy atom. The fourth-order valence-electron chi connectivity index (χ4n) is 2.94. The van der Waals surface area contributed by atoms with Crippen molar-refractivity contribution in [3.63, 3.8) is 0 Å². The van der Waals surface area contributed by atoms with E-state index in [-0.39, 0.29) is 5.91 Å². The molecule has 1 aromatic rings. The first kappa shape index (κ1) is 16.0. The fourth-order valence-corrected chi connectivity index (χ4v) is 2.94. The molecule has 2 N–H and O–H groups in total. The minimum absolute atomic E-state index is 0.145. The Balaban J connectivity index is 1.96. The lowest BCUT2D eigenvalue weighted by Gasteiger charge is -2.18. The topological polar surface area (TPSA) is 67.2 Å². The number of aliphatic hydroxyl groups is 1. The largest absolute Gasteiger partial charge is 0.391 e. The maximum atomic E-state index is 12.3.